The first-order chi connectivity index (χ1) is 13.2. The third-order valence-corrected chi connectivity index (χ3v) is 4.13. The molecule has 0 saturated heterocycles. The number of amides is 1. The van der Waals surface area contributed by atoms with Gasteiger partial charge in [0.05, 0.1) is 0 Å². The van der Waals surface area contributed by atoms with Crippen LogP contribution >= 0.6 is 0 Å². The van der Waals surface area contributed by atoms with E-state index in [0.717, 1.165) is 5.56 Å². The molecule has 2 heterocycles. The molecule has 27 heavy (non-hydrogen) atoms. The fourth-order valence-corrected chi connectivity index (χ4v) is 2.80. The Labute approximate surface area is 154 Å². The van der Waals surface area contributed by atoms with Gasteiger partial charge in [0, 0.05) is 35.7 Å². The van der Waals surface area contributed by atoms with E-state index in [1.54, 1.807) is 18.2 Å². The van der Waals surface area contributed by atoms with Crippen LogP contribution in [0.2, 0.25) is 0 Å². The summed E-state index contributed by atoms with van der Waals surface area (Å²) in [6.07, 6.45) is 2.01. The van der Waals surface area contributed by atoms with Crippen molar-refractivity contribution in [2.24, 2.45) is 0 Å². The van der Waals surface area contributed by atoms with Gasteiger partial charge in [-0.05, 0) is 18.2 Å². The van der Waals surface area contributed by atoms with Crippen molar-refractivity contribution in [1.82, 2.24) is 25.5 Å². The maximum absolute atomic E-state index is 14.1. The number of fused-ring (bicyclic) bond motifs is 1. The van der Waals surface area contributed by atoms with Crippen LogP contribution in [0.15, 0.2) is 60.8 Å². The molecule has 0 radical (unpaired) electrons. The molecule has 7 heteroatoms. The van der Waals surface area contributed by atoms with Crippen LogP contribution in [0.1, 0.15) is 16.2 Å². The van der Waals surface area contributed by atoms with Crippen LogP contribution in [0.4, 0.5) is 4.39 Å². The van der Waals surface area contributed by atoms with Gasteiger partial charge in [-0.3, -0.25) is 14.9 Å². The molecule has 0 aliphatic rings. The summed E-state index contributed by atoms with van der Waals surface area (Å²) in [7, 11) is 0. The predicted octanol–water partition coefficient (Wildman–Crippen LogP) is 3.13. The summed E-state index contributed by atoms with van der Waals surface area (Å²) in [5, 5.41) is 10.4. The number of nitrogens with one attached hydrogen (secondary N) is 2. The highest BCUT2D eigenvalue weighted by atomic mass is 19.1. The van der Waals surface area contributed by atoms with Crippen LogP contribution in [0.25, 0.3) is 22.3 Å². The van der Waals surface area contributed by atoms with E-state index in [9.17, 15) is 9.18 Å². The maximum atomic E-state index is 14.1. The van der Waals surface area contributed by atoms with Crippen molar-refractivity contribution in [3.8, 4) is 11.4 Å². The highest BCUT2D eigenvalue weighted by Gasteiger charge is 2.11. The Bertz CT molecular complexity index is 1090. The number of carbonyl (C=O) groups is 1. The van der Waals surface area contributed by atoms with Gasteiger partial charge in [-0.15, -0.1) is 0 Å². The topological polar surface area (TPSA) is 83.6 Å². The Hall–Kier alpha value is -3.61. The number of benzene rings is 2. The molecule has 0 spiro atoms. The van der Waals surface area contributed by atoms with Gasteiger partial charge in [0.25, 0.3) is 5.91 Å². The highest BCUT2D eigenvalue weighted by Crippen LogP contribution is 2.18. The molecule has 2 aromatic carbocycles. The first-order valence-electron chi connectivity index (χ1n) is 8.50. The first kappa shape index (κ1) is 16.8. The smallest absolute Gasteiger partial charge is 0.251 e. The zero-order chi connectivity index (χ0) is 18.6. The minimum atomic E-state index is -0.513. The quantitative estimate of drug-likeness (QED) is 0.572. The van der Waals surface area contributed by atoms with E-state index in [0.29, 0.717) is 30.0 Å². The number of aromatic nitrogens is 4. The Balaban J connectivity index is 1.39. The van der Waals surface area contributed by atoms with E-state index >= 15 is 0 Å². The molecule has 134 valence electrons. The Kier molecular flexibility index (Phi) is 4.57. The number of hydrogen-bond acceptors (Lipinski definition) is 4. The summed E-state index contributed by atoms with van der Waals surface area (Å²) in [6.45, 7) is 0.356. The predicted molar refractivity (Wildman–Crippen MR) is 99.6 cm³/mol. The third kappa shape index (κ3) is 3.67. The monoisotopic (exact) mass is 361 g/mol. The first-order valence-corrected chi connectivity index (χ1v) is 8.50. The standard InChI is InChI=1S/C20H16FN5O/c21-16-12-15(11-14-7-4-9-22-18(14)16)20(27)23-10-8-17-24-19(26-25-17)13-5-2-1-3-6-13/h1-7,9,11-12H,8,10H2,(H,23,27)(H,24,25,26). The number of pyridine rings is 1. The zero-order valence-corrected chi connectivity index (χ0v) is 14.3. The van der Waals surface area contributed by atoms with E-state index in [-0.39, 0.29) is 17.0 Å². The van der Waals surface area contributed by atoms with Gasteiger partial charge in [-0.2, -0.15) is 5.10 Å². The molecule has 1 amide bonds. The van der Waals surface area contributed by atoms with Crippen LogP contribution in [0, 0.1) is 5.82 Å². The van der Waals surface area contributed by atoms with Gasteiger partial charge < -0.3 is 5.32 Å². The minimum absolute atomic E-state index is 0.254. The lowest BCUT2D eigenvalue weighted by Crippen LogP contribution is -2.26. The summed E-state index contributed by atoms with van der Waals surface area (Å²) < 4.78 is 14.1. The molecule has 4 aromatic rings. The lowest BCUT2D eigenvalue weighted by Gasteiger charge is -2.06. The van der Waals surface area contributed by atoms with Gasteiger partial charge in [0.15, 0.2) is 5.82 Å². The van der Waals surface area contributed by atoms with E-state index in [4.69, 9.17) is 0 Å². The van der Waals surface area contributed by atoms with Gasteiger partial charge >= 0.3 is 0 Å². The molecule has 6 nitrogen and oxygen atoms in total. The molecule has 0 aliphatic heterocycles. The summed E-state index contributed by atoms with van der Waals surface area (Å²) in [5.74, 6) is 0.424. The van der Waals surface area contributed by atoms with Crippen molar-refractivity contribution >= 4 is 16.8 Å². The second kappa shape index (κ2) is 7.33. The Morgan fingerprint density at radius 2 is 1.96 bits per heavy atom. The van der Waals surface area contributed by atoms with E-state index in [1.807, 2.05) is 30.3 Å². The van der Waals surface area contributed by atoms with Crippen molar-refractivity contribution in [3.05, 3.63) is 78.0 Å². The molecule has 0 atom stereocenters. The molecule has 0 fully saturated rings. The lowest BCUT2D eigenvalue weighted by atomic mass is 10.1. The van der Waals surface area contributed by atoms with Crippen molar-refractivity contribution < 1.29 is 9.18 Å². The molecule has 0 unspecified atom stereocenters. The Morgan fingerprint density at radius 1 is 1.11 bits per heavy atom. The summed E-state index contributed by atoms with van der Waals surface area (Å²) in [5.41, 5.74) is 1.43. The fourth-order valence-electron chi connectivity index (χ4n) is 2.80. The number of hydrogen-bond donors (Lipinski definition) is 2. The average Bonchev–Trinajstić information content (AvgIpc) is 3.17. The number of nitrogens with zero attached hydrogens (tertiary/aromatic N) is 3. The largest absolute Gasteiger partial charge is 0.352 e. The number of aromatic amines is 1. The van der Waals surface area contributed by atoms with Crippen LogP contribution < -0.4 is 5.32 Å². The molecular formula is C20H16FN5O. The normalized spacial score (nSPS) is 10.9. The molecule has 0 saturated carbocycles. The van der Waals surface area contributed by atoms with Gasteiger partial charge in [-0.25, -0.2) is 9.37 Å². The van der Waals surface area contributed by atoms with Crippen molar-refractivity contribution in [3.63, 3.8) is 0 Å². The second-order valence-corrected chi connectivity index (χ2v) is 6.01. The molecule has 2 aromatic heterocycles. The average molecular weight is 361 g/mol. The fraction of sp³-hybridized carbons (Fsp3) is 0.100. The molecule has 4 rings (SSSR count). The summed E-state index contributed by atoms with van der Waals surface area (Å²) in [6, 6.07) is 15.9. The van der Waals surface area contributed by atoms with E-state index in [1.165, 1.54) is 12.3 Å². The van der Waals surface area contributed by atoms with Gasteiger partial charge in [-0.1, -0.05) is 36.4 Å². The SMILES string of the molecule is O=C(NCCc1nc(-c2ccccc2)n[nH]1)c1cc(F)c2ncccc2c1. The van der Waals surface area contributed by atoms with Gasteiger partial charge in [0.1, 0.15) is 17.2 Å². The van der Waals surface area contributed by atoms with E-state index in [2.05, 4.69) is 25.5 Å². The van der Waals surface area contributed by atoms with E-state index < -0.39 is 5.82 Å². The van der Waals surface area contributed by atoms with Crippen molar-refractivity contribution in [2.75, 3.05) is 6.54 Å². The third-order valence-electron chi connectivity index (χ3n) is 4.13. The molecule has 0 aliphatic carbocycles. The van der Waals surface area contributed by atoms with Crippen molar-refractivity contribution in [2.45, 2.75) is 6.42 Å². The van der Waals surface area contributed by atoms with Crippen LogP contribution in [-0.4, -0.2) is 32.6 Å². The zero-order valence-electron chi connectivity index (χ0n) is 14.3. The van der Waals surface area contributed by atoms with Crippen LogP contribution in [0.3, 0.4) is 0 Å². The highest BCUT2D eigenvalue weighted by molar-refractivity contribution is 5.98. The molecular weight excluding hydrogens is 345 g/mol. The van der Waals surface area contributed by atoms with Crippen LogP contribution in [-0.2, 0) is 6.42 Å². The lowest BCUT2D eigenvalue weighted by molar-refractivity contribution is 0.0953. The summed E-state index contributed by atoms with van der Waals surface area (Å²) >= 11 is 0. The van der Waals surface area contributed by atoms with Gasteiger partial charge in [0.2, 0.25) is 0 Å². The molecule has 0 bridgehead atoms. The number of rotatable bonds is 5. The second-order valence-electron chi connectivity index (χ2n) is 6.01. The Morgan fingerprint density at radius 3 is 2.81 bits per heavy atom. The molecule has 2 N–H and O–H groups in total. The minimum Gasteiger partial charge on any atom is -0.352 e. The van der Waals surface area contributed by atoms with Crippen molar-refractivity contribution in [1.29, 1.82) is 0 Å². The van der Waals surface area contributed by atoms with Crippen LogP contribution in [0.5, 0.6) is 0 Å². The number of halogens is 1. The summed E-state index contributed by atoms with van der Waals surface area (Å²) in [4.78, 5) is 20.7. The maximum Gasteiger partial charge on any atom is 0.251 e. The number of carbonyl (C=O) groups excluding carboxylic acids is 1. The number of H-pyrrole nitrogens is 1.